The molecule has 0 spiro atoms. The summed E-state index contributed by atoms with van der Waals surface area (Å²) < 4.78 is 0. The summed E-state index contributed by atoms with van der Waals surface area (Å²) in [7, 11) is 2.05. The molecule has 102 valence electrons. The molecule has 1 saturated carbocycles. The number of halogens is 1. The van der Waals surface area contributed by atoms with Gasteiger partial charge in [0.05, 0.1) is 0 Å². The summed E-state index contributed by atoms with van der Waals surface area (Å²) in [4.78, 5) is 0. The Kier molecular flexibility index (Phi) is 4.49. The van der Waals surface area contributed by atoms with Crippen LogP contribution < -0.4 is 5.32 Å². The maximum absolute atomic E-state index is 3.30. The minimum atomic E-state index is 0. The molecule has 0 saturated heterocycles. The fraction of sp³-hybridized carbons (Fsp3) is 0.412. The first-order chi connectivity index (χ1) is 8.84. The van der Waals surface area contributed by atoms with Crippen LogP contribution in [0, 0.1) is 0 Å². The van der Waals surface area contributed by atoms with Crippen LogP contribution in [0.15, 0.2) is 42.5 Å². The lowest BCUT2D eigenvalue weighted by Gasteiger charge is -2.43. The summed E-state index contributed by atoms with van der Waals surface area (Å²) in [6.07, 6.45) is 5.36. The molecule has 1 aliphatic rings. The standard InChI is InChI=1S/C17H21N.ClH/c1-18-12-11-17(9-4-10-17)16-8-7-14-5-2-3-6-15(14)13-16;/h2-3,5-8,13,18H,4,9-12H2,1H3;1H. The van der Waals surface area contributed by atoms with E-state index in [1.54, 1.807) is 5.56 Å². The summed E-state index contributed by atoms with van der Waals surface area (Å²) in [6, 6.07) is 15.7. The average molecular weight is 276 g/mol. The fourth-order valence-corrected chi connectivity index (χ4v) is 3.17. The normalized spacial score (nSPS) is 16.7. The third-order valence-corrected chi connectivity index (χ3v) is 4.53. The molecule has 2 aromatic rings. The maximum atomic E-state index is 3.30. The second-order valence-corrected chi connectivity index (χ2v) is 5.55. The van der Waals surface area contributed by atoms with E-state index in [1.807, 2.05) is 7.05 Å². The molecule has 1 nitrogen and oxygen atoms in total. The van der Waals surface area contributed by atoms with Crippen LogP contribution in [0.25, 0.3) is 10.8 Å². The van der Waals surface area contributed by atoms with E-state index in [9.17, 15) is 0 Å². The van der Waals surface area contributed by atoms with Gasteiger partial charge >= 0.3 is 0 Å². The first-order valence-corrected chi connectivity index (χ1v) is 6.98. The van der Waals surface area contributed by atoms with Gasteiger partial charge in [-0.25, -0.2) is 0 Å². The number of fused-ring (bicyclic) bond motifs is 1. The zero-order valence-electron chi connectivity index (χ0n) is 11.5. The van der Waals surface area contributed by atoms with E-state index in [2.05, 4.69) is 47.8 Å². The van der Waals surface area contributed by atoms with Crippen molar-refractivity contribution in [2.75, 3.05) is 13.6 Å². The van der Waals surface area contributed by atoms with Crippen molar-refractivity contribution >= 4 is 23.2 Å². The van der Waals surface area contributed by atoms with Crippen LogP contribution in [0.2, 0.25) is 0 Å². The van der Waals surface area contributed by atoms with Gasteiger partial charge in [-0.15, -0.1) is 12.4 Å². The van der Waals surface area contributed by atoms with E-state index in [0.29, 0.717) is 5.41 Å². The van der Waals surface area contributed by atoms with Crippen molar-refractivity contribution in [3.05, 3.63) is 48.0 Å². The molecule has 0 atom stereocenters. The molecule has 1 N–H and O–H groups in total. The van der Waals surface area contributed by atoms with E-state index in [1.165, 1.54) is 36.5 Å². The molecule has 3 rings (SSSR count). The summed E-state index contributed by atoms with van der Waals surface area (Å²) in [5.41, 5.74) is 2.00. The Balaban J connectivity index is 0.00000133. The van der Waals surface area contributed by atoms with Gasteiger partial charge in [-0.1, -0.05) is 48.9 Å². The minimum Gasteiger partial charge on any atom is -0.320 e. The third kappa shape index (κ3) is 2.63. The molecule has 2 aromatic carbocycles. The van der Waals surface area contributed by atoms with Gasteiger partial charge in [0.1, 0.15) is 0 Å². The van der Waals surface area contributed by atoms with Gasteiger partial charge in [0, 0.05) is 0 Å². The van der Waals surface area contributed by atoms with E-state index in [-0.39, 0.29) is 12.4 Å². The number of rotatable bonds is 4. The van der Waals surface area contributed by atoms with Gasteiger partial charge < -0.3 is 5.32 Å². The van der Waals surface area contributed by atoms with Crippen molar-refractivity contribution in [3.63, 3.8) is 0 Å². The van der Waals surface area contributed by atoms with Crippen LogP contribution in [-0.4, -0.2) is 13.6 Å². The average Bonchev–Trinajstić information content (AvgIpc) is 2.37. The Bertz CT molecular complexity index is 546. The highest BCUT2D eigenvalue weighted by atomic mass is 35.5. The van der Waals surface area contributed by atoms with E-state index < -0.39 is 0 Å². The van der Waals surface area contributed by atoms with Crippen LogP contribution >= 0.6 is 12.4 Å². The number of nitrogens with one attached hydrogen (secondary N) is 1. The molecular weight excluding hydrogens is 254 g/mol. The first-order valence-electron chi connectivity index (χ1n) is 6.98. The Morgan fingerprint density at radius 3 is 2.42 bits per heavy atom. The summed E-state index contributed by atoms with van der Waals surface area (Å²) in [5.74, 6) is 0. The molecule has 0 amide bonds. The van der Waals surface area contributed by atoms with Crippen molar-refractivity contribution in [3.8, 4) is 0 Å². The molecule has 0 aliphatic heterocycles. The van der Waals surface area contributed by atoms with Crippen molar-refractivity contribution in [2.24, 2.45) is 0 Å². The molecule has 2 heteroatoms. The lowest BCUT2D eigenvalue weighted by atomic mass is 9.62. The van der Waals surface area contributed by atoms with Crippen molar-refractivity contribution in [1.82, 2.24) is 5.32 Å². The zero-order chi connectivity index (χ0) is 12.4. The van der Waals surface area contributed by atoms with Gasteiger partial charge in [-0.3, -0.25) is 0 Å². The van der Waals surface area contributed by atoms with Crippen LogP contribution in [0.4, 0.5) is 0 Å². The highest BCUT2D eigenvalue weighted by Crippen LogP contribution is 2.46. The SMILES string of the molecule is CNCCC1(c2ccc3ccccc3c2)CCC1.Cl. The Morgan fingerprint density at radius 2 is 1.79 bits per heavy atom. The molecule has 0 aromatic heterocycles. The topological polar surface area (TPSA) is 12.0 Å². The zero-order valence-corrected chi connectivity index (χ0v) is 12.3. The Labute approximate surface area is 121 Å². The van der Waals surface area contributed by atoms with Gasteiger partial charge in [-0.2, -0.15) is 0 Å². The highest BCUT2D eigenvalue weighted by Gasteiger charge is 2.37. The van der Waals surface area contributed by atoms with Crippen molar-refractivity contribution < 1.29 is 0 Å². The summed E-state index contributed by atoms with van der Waals surface area (Å²) in [5, 5.41) is 6.03. The number of hydrogen-bond acceptors (Lipinski definition) is 1. The summed E-state index contributed by atoms with van der Waals surface area (Å²) in [6.45, 7) is 1.12. The molecule has 0 bridgehead atoms. The summed E-state index contributed by atoms with van der Waals surface area (Å²) >= 11 is 0. The first kappa shape index (κ1) is 14.4. The number of benzene rings is 2. The smallest absolute Gasteiger partial charge is 0.00347 e. The van der Waals surface area contributed by atoms with Crippen molar-refractivity contribution in [1.29, 1.82) is 0 Å². The van der Waals surface area contributed by atoms with E-state index in [0.717, 1.165) is 6.54 Å². The Hall–Kier alpha value is -1.05. The largest absolute Gasteiger partial charge is 0.320 e. The highest BCUT2D eigenvalue weighted by molar-refractivity contribution is 5.85. The number of hydrogen-bond donors (Lipinski definition) is 1. The van der Waals surface area contributed by atoms with Crippen LogP contribution in [0.3, 0.4) is 0 Å². The van der Waals surface area contributed by atoms with Gasteiger partial charge in [-0.05, 0) is 54.6 Å². The lowest BCUT2D eigenvalue weighted by Crippen LogP contribution is -2.36. The second-order valence-electron chi connectivity index (χ2n) is 5.55. The fourth-order valence-electron chi connectivity index (χ4n) is 3.17. The molecule has 0 unspecified atom stereocenters. The third-order valence-electron chi connectivity index (χ3n) is 4.53. The monoisotopic (exact) mass is 275 g/mol. The van der Waals surface area contributed by atoms with E-state index in [4.69, 9.17) is 0 Å². The van der Waals surface area contributed by atoms with Crippen LogP contribution in [0.5, 0.6) is 0 Å². The second kappa shape index (κ2) is 5.94. The maximum Gasteiger partial charge on any atom is -0.00347 e. The van der Waals surface area contributed by atoms with Gasteiger partial charge in [0.2, 0.25) is 0 Å². The lowest BCUT2D eigenvalue weighted by molar-refractivity contribution is 0.225. The predicted octanol–water partition coefficient (Wildman–Crippen LogP) is 4.29. The minimum absolute atomic E-state index is 0. The quantitative estimate of drug-likeness (QED) is 0.878. The molecule has 0 radical (unpaired) electrons. The molecule has 1 fully saturated rings. The van der Waals surface area contributed by atoms with Crippen LogP contribution in [0.1, 0.15) is 31.2 Å². The molecule has 1 aliphatic carbocycles. The molecule has 19 heavy (non-hydrogen) atoms. The predicted molar refractivity (Wildman–Crippen MR) is 85.3 cm³/mol. The van der Waals surface area contributed by atoms with Gasteiger partial charge in [0.15, 0.2) is 0 Å². The van der Waals surface area contributed by atoms with E-state index >= 15 is 0 Å². The van der Waals surface area contributed by atoms with Gasteiger partial charge in [0.25, 0.3) is 0 Å². The molecule has 0 heterocycles. The van der Waals surface area contributed by atoms with Crippen LogP contribution in [-0.2, 0) is 5.41 Å². The Morgan fingerprint density at radius 1 is 1.05 bits per heavy atom. The van der Waals surface area contributed by atoms with Crippen molar-refractivity contribution in [2.45, 2.75) is 31.1 Å². The molecular formula is C17H22ClN.